The summed E-state index contributed by atoms with van der Waals surface area (Å²) < 4.78 is 7.24. The summed E-state index contributed by atoms with van der Waals surface area (Å²) in [6.07, 6.45) is 2.49. The van der Waals surface area contributed by atoms with Gasteiger partial charge in [-0.1, -0.05) is 12.1 Å². The molecule has 2 aromatic heterocycles. The van der Waals surface area contributed by atoms with Crippen LogP contribution in [-0.2, 0) is 11.2 Å². The largest absolute Gasteiger partial charge is 0.494 e. The van der Waals surface area contributed by atoms with Gasteiger partial charge in [-0.25, -0.2) is 9.50 Å². The first kappa shape index (κ1) is 18.8. The van der Waals surface area contributed by atoms with Gasteiger partial charge in [-0.05, 0) is 57.4 Å². The van der Waals surface area contributed by atoms with Crippen molar-refractivity contribution in [2.24, 2.45) is 0 Å². The number of aryl methyl sites for hydroxylation is 2. The van der Waals surface area contributed by atoms with Gasteiger partial charge in [0, 0.05) is 17.8 Å². The highest BCUT2D eigenvalue weighted by molar-refractivity contribution is 5.76. The number of ether oxygens (including phenoxy) is 1. The van der Waals surface area contributed by atoms with Crippen molar-refractivity contribution in [1.29, 1.82) is 0 Å². The van der Waals surface area contributed by atoms with Crippen molar-refractivity contribution in [3.63, 3.8) is 0 Å². The molecule has 0 aliphatic heterocycles. The summed E-state index contributed by atoms with van der Waals surface area (Å²) in [7, 11) is 0. The van der Waals surface area contributed by atoms with Gasteiger partial charge >= 0.3 is 0 Å². The van der Waals surface area contributed by atoms with Crippen LogP contribution in [-0.4, -0.2) is 32.1 Å². The first-order valence-electron chi connectivity index (χ1n) is 9.17. The summed E-state index contributed by atoms with van der Waals surface area (Å²) in [6.45, 7) is 8.46. The first-order chi connectivity index (χ1) is 13.0. The van der Waals surface area contributed by atoms with E-state index in [1.807, 2.05) is 52.0 Å². The first-order valence-corrected chi connectivity index (χ1v) is 9.17. The number of carbonyl (C=O) groups excluding carboxylic acids is 1. The van der Waals surface area contributed by atoms with Crippen LogP contribution in [0.25, 0.3) is 5.78 Å². The van der Waals surface area contributed by atoms with Crippen LogP contribution in [0.5, 0.6) is 5.75 Å². The Hall–Kier alpha value is -2.96. The van der Waals surface area contributed by atoms with Crippen molar-refractivity contribution < 1.29 is 9.53 Å². The van der Waals surface area contributed by atoms with Crippen molar-refractivity contribution in [2.45, 2.75) is 46.6 Å². The van der Waals surface area contributed by atoms with E-state index in [0.29, 0.717) is 25.2 Å². The SMILES string of the molecule is CCOc1cccc([C@H](C)NC(=O)CCc2c(C)nc3ncnn3c2C)c1. The highest BCUT2D eigenvalue weighted by Crippen LogP contribution is 2.20. The Morgan fingerprint density at radius 1 is 1.33 bits per heavy atom. The van der Waals surface area contributed by atoms with Gasteiger partial charge in [-0.2, -0.15) is 10.1 Å². The van der Waals surface area contributed by atoms with Gasteiger partial charge in [0.2, 0.25) is 5.91 Å². The van der Waals surface area contributed by atoms with E-state index in [1.54, 1.807) is 4.52 Å². The Morgan fingerprint density at radius 2 is 2.15 bits per heavy atom. The molecule has 142 valence electrons. The Morgan fingerprint density at radius 3 is 2.93 bits per heavy atom. The smallest absolute Gasteiger partial charge is 0.252 e. The van der Waals surface area contributed by atoms with E-state index in [0.717, 1.165) is 28.3 Å². The van der Waals surface area contributed by atoms with Gasteiger partial charge in [0.05, 0.1) is 12.6 Å². The van der Waals surface area contributed by atoms with Crippen molar-refractivity contribution in [2.75, 3.05) is 6.61 Å². The molecule has 0 fully saturated rings. The number of amides is 1. The minimum absolute atomic E-state index is 0.00167. The second-order valence-electron chi connectivity index (χ2n) is 6.53. The van der Waals surface area contributed by atoms with Crippen LogP contribution in [0.3, 0.4) is 0 Å². The third-order valence-electron chi connectivity index (χ3n) is 4.64. The van der Waals surface area contributed by atoms with Crippen molar-refractivity contribution in [3.8, 4) is 5.75 Å². The average Bonchev–Trinajstić information content (AvgIpc) is 3.10. The second kappa shape index (κ2) is 8.16. The van der Waals surface area contributed by atoms with Gasteiger partial charge in [0.25, 0.3) is 5.78 Å². The molecule has 0 saturated heterocycles. The van der Waals surface area contributed by atoms with E-state index in [1.165, 1.54) is 6.33 Å². The molecule has 0 aliphatic rings. The predicted octanol–water partition coefficient (Wildman–Crippen LogP) is 2.95. The highest BCUT2D eigenvalue weighted by atomic mass is 16.5. The van der Waals surface area contributed by atoms with Crippen LogP contribution >= 0.6 is 0 Å². The molecule has 0 unspecified atom stereocenters. The lowest BCUT2D eigenvalue weighted by Gasteiger charge is -2.16. The van der Waals surface area contributed by atoms with Crippen molar-refractivity contribution >= 4 is 11.7 Å². The minimum atomic E-state index is -0.0870. The molecule has 7 nitrogen and oxygen atoms in total. The zero-order valence-corrected chi connectivity index (χ0v) is 16.2. The third-order valence-corrected chi connectivity index (χ3v) is 4.64. The number of nitrogens with zero attached hydrogens (tertiary/aromatic N) is 4. The normalized spacial score (nSPS) is 12.1. The molecule has 1 atom stereocenters. The van der Waals surface area contributed by atoms with Crippen LogP contribution in [0, 0.1) is 13.8 Å². The Kier molecular flexibility index (Phi) is 5.69. The fourth-order valence-corrected chi connectivity index (χ4v) is 3.19. The molecule has 0 radical (unpaired) electrons. The lowest BCUT2D eigenvalue weighted by molar-refractivity contribution is -0.121. The van der Waals surface area contributed by atoms with Gasteiger partial charge < -0.3 is 10.1 Å². The summed E-state index contributed by atoms with van der Waals surface area (Å²) in [5.74, 6) is 1.40. The second-order valence-corrected chi connectivity index (χ2v) is 6.53. The summed E-state index contributed by atoms with van der Waals surface area (Å²) in [4.78, 5) is 21.0. The average molecular weight is 367 g/mol. The molecule has 2 heterocycles. The van der Waals surface area contributed by atoms with Crippen LogP contribution in [0.4, 0.5) is 0 Å². The lowest BCUT2D eigenvalue weighted by Crippen LogP contribution is -2.27. The van der Waals surface area contributed by atoms with Gasteiger partial charge in [0.15, 0.2) is 0 Å². The number of nitrogens with one attached hydrogen (secondary N) is 1. The number of rotatable bonds is 7. The Bertz CT molecular complexity index is 951. The summed E-state index contributed by atoms with van der Waals surface area (Å²) >= 11 is 0. The maximum atomic E-state index is 12.4. The van der Waals surface area contributed by atoms with E-state index in [-0.39, 0.29) is 11.9 Å². The van der Waals surface area contributed by atoms with Gasteiger partial charge in [-0.15, -0.1) is 0 Å². The number of fused-ring (bicyclic) bond motifs is 1. The molecule has 0 bridgehead atoms. The summed E-state index contributed by atoms with van der Waals surface area (Å²) in [6, 6.07) is 7.72. The molecule has 3 rings (SSSR count). The quantitative estimate of drug-likeness (QED) is 0.694. The molecule has 0 aliphatic carbocycles. The number of benzene rings is 1. The Balaban J connectivity index is 1.64. The number of aromatic nitrogens is 4. The summed E-state index contributed by atoms with van der Waals surface area (Å²) in [5, 5.41) is 7.25. The number of hydrogen-bond donors (Lipinski definition) is 1. The van der Waals surface area contributed by atoms with E-state index < -0.39 is 0 Å². The van der Waals surface area contributed by atoms with E-state index >= 15 is 0 Å². The molecule has 1 amide bonds. The molecule has 0 saturated carbocycles. The molecule has 3 aromatic rings. The molecule has 1 N–H and O–H groups in total. The van der Waals surface area contributed by atoms with E-state index in [2.05, 4.69) is 20.4 Å². The maximum Gasteiger partial charge on any atom is 0.252 e. The standard InChI is InChI=1S/C20H25N5O2/c1-5-27-17-8-6-7-16(11-17)13(2)23-19(26)10-9-18-14(3)24-20-21-12-22-25(20)15(18)4/h6-8,11-13H,5,9-10H2,1-4H3,(H,23,26)/t13-/m0/s1. The zero-order valence-electron chi connectivity index (χ0n) is 16.2. The van der Waals surface area contributed by atoms with Crippen LogP contribution in [0.1, 0.15) is 48.8 Å². The molecule has 1 aromatic carbocycles. The topological polar surface area (TPSA) is 81.4 Å². The highest BCUT2D eigenvalue weighted by Gasteiger charge is 2.14. The van der Waals surface area contributed by atoms with E-state index in [9.17, 15) is 4.79 Å². The monoisotopic (exact) mass is 367 g/mol. The lowest BCUT2D eigenvalue weighted by atomic mass is 10.1. The minimum Gasteiger partial charge on any atom is -0.494 e. The van der Waals surface area contributed by atoms with Crippen LogP contribution in [0.2, 0.25) is 0 Å². The van der Waals surface area contributed by atoms with Crippen LogP contribution in [0.15, 0.2) is 30.6 Å². The predicted molar refractivity (Wildman–Crippen MR) is 103 cm³/mol. The molecular weight excluding hydrogens is 342 g/mol. The fraction of sp³-hybridized carbons (Fsp3) is 0.400. The molecule has 7 heteroatoms. The number of carbonyl (C=O) groups is 1. The fourth-order valence-electron chi connectivity index (χ4n) is 3.19. The third kappa shape index (κ3) is 4.24. The maximum absolute atomic E-state index is 12.4. The molecule has 27 heavy (non-hydrogen) atoms. The number of hydrogen-bond acceptors (Lipinski definition) is 5. The van der Waals surface area contributed by atoms with Crippen molar-refractivity contribution in [3.05, 3.63) is 53.1 Å². The summed E-state index contributed by atoms with van der Waals surface area (Å²) in [5.41, 5.74) is 3.92. The zero-order chi connectivity index (χ0) is 19.4. The molecular formula is C20H25N5O2. The molecule has 0 spiro atoms. The Labute approximate surface area is 158 Å². The van der Waals surface area contributed by atoms with Gasteiger partial charge in [0.1, 0.15) is 12.1 Å². The van der Waals surface area contributed by atoms with Crippen molar-refractivity contribution in [1.82, 2.24) is 24.9 Å². The van der Waals surface area contributed by atoms with Crippen LogP contribution < -0.4 is 10.1 Å². The van der Waals surface area contributed by atoms with E-state index in [4.69, 9.17) is 4.74 Å². The van der Waals surface area contributed by atoms with Gasteiger partial charge in [-0.3, -0.25) is 4.79 Å².